The van der Waals surface area contributed by atoms with E-state index >= 15 is 0 Å². The van der Waals surface area contributed by atoms with E-state index in [9.17, 15) is 14.0 Å². The van der Waals surface area contributed by atoms with Gasteiger partial charge in [0.2, 0.25) is 11.8 Å². The van der Waals surface area contributed by atoms with Crippen molar-refractivity contribution in [3.8, 4) is 0 Å². The van der Waals surface area contributed by atoms with Crippen molar-refractivity contribution in [2.45, 2.75) is 52.4 Å². The average Bonchev–Trinajstić information content (AvgIpc) is 2.79. The molecular weight excluding hydrogens is 417 g/mol. The molecule has 0 saturated carbocycles. The number of pyridine rings is 1. The maximum Gasteiger partial charge on any atom is 0.229 e. The zero-order valence-electron chi connectivity index (χ0n) is 19.7. The van der Waals surface area contributed by atoms with Crippen LogP contribution < -0.4 is 0 Å². The van der Waals surface area contributed by atoms with Gasteiger partial charge >= 0.3 is 0 Å². The fraction of sp³-hybridized carbons (Fsp3) is 0.519. The fourth-order valence-corrected chi connectivity index (χ4v) is 5.51. The van der Waals surface area contributed by atoms with Gasteiger partial charge in [-0.2, -0.15) is 0 Å². The minimum absolute atomic E-state index is 0.0468. The second-order valence-electron chi connectivity index (χ2n) is 9.83. The first-order valence-corrected chi connectivity index (χ1v) is 12.1. The number of hydrogen-bond acceptors (Lipinski definition) is 3. The average molecular weight is 452 g/mol. The zero-order valence-corrected chi connectivity index (χ0v) is 19.7. The Labute approximate surface area is 196 Å². The number of rotatable bonds is 5. The summed E-state index contributed by atoms with van der Waals surface area (Å²) in [5.41, 5.74) is 2.35. The number of halogens is 1. The number of amides is 2. The lowest BCUT2D eigenvalue weighted by Gasteiger charge is -2.45. The molecule has 0 spiro atoms. The van der Waals surface area contributed by atoms with Crippen LogP contribution in [0.1, 0.15) is 49.6 Å². The number of benzene rings is 1. The molecule has 1 aromatic carbocycles. The predicted molar refractivity (Wildman–Crippen MR) is 126 cm³/mol. The normalized spacial score (nSPS) is 20.5. The third-order valence-electron chi connectivity index (χ3n) is 7.30. The lowest BCUT2D eigenvalue weighted by molar-refractivity contribution is -0.149. The van der Waals surface area contributed by atoms with E-state index in [4.69, 9.17) is 0 Å². The Bertz CT molecular complexity index is 1000. The molecule has 33 heavy (non-hydrogen) atoms. The Hall–Kier alpha value is -2.76. The first kappa shape index (κ1) is 23.4. The molecular formula is C27H34FN3O2. The molecule has 0 bridgehead atoms. The quantitative estimate of drug-likeness (QED) is 0.685. The van der Waals surface area contributed by atoms with Crippen molar-refractivity contribution in [1.29, 1.82) is 0 Å². The molecule has 0 N–H and O–H groups in total. The second-order valence-corrected chi connectivity index (χ2v) is 9.83. The minimum Gasteiger partial charge on any atom is -0.343 e. The summed E-state index contributed by atoms with van der Waals surface area (Å²) in [6, 6.07) is 12.7. The first-order valence-electron chi connectivity index (χ1n) is 12.1. The molecule has 0 radical (unpaired) electrons. The number of carbonyl (C=O) groups excluding carboxylic acids is 2. The van der Waals surface area contributed by atoms with Gasteiger partial charge in [-0.15, -0.1) is 0 Å². The summed E-state index contributed by atoms with van der Waals surface area (Å²) in [5.74, 6) is 0.322. The van der Waals surface area contributed by atoms with Crippen molar-refractivity contribution in [2.24, 2.45) is 11.3 Å². The maximum absolute atomic E-state index is 14.0. The Morgan fingerprint density at radius 2 is 1.85 bits per heavy atom. The van der Waals surface area contributed by atoms with Gasteiger partial charge in [-0.3, -0.25) is 14.6 Å². The number of likely N-dealkylation sites (tertiary alicyclic amines) is 2. The van der Waals surface area contributed by atoms with Gasteiger partial charge in [-0.25, -0.2) is 4.39 Å². The topological polar surface area (TPSA) is 53.5 Å². The molecule has 2 aliphatic rings. The van der Waals surface area contributed by atoms with Gasteiger partial charge in [0, 0.05) is 44.5 Å². The van der Waals surface area contributed by atoms with Crippen LogP contribution in [0.2, 0.25) is 0 Å². The molecule has 5 nitrogen and oxygen atoms in total. The molecule has 1 atom stereocenters. The van der Waals surface area contributed by atoms with E-state index < -0.39 is 5.41 Å². The van der Waals surface area contributed by atoms with Gasteiger partial charge in [0.25, 0.3) is 0 Å². The third-order valence-corrected chi connectivity index (χ3v) is 7.30. The molecule has 2 amide bonds. The highest BCUT2D eigenvalue weighted by atomic mass is 19.1. The lowest BCUT2D eigenvalue weighted by atomic mass is 9.72. The molecule has 2 saturated heterocycles. The SMILES string of the molecule is CC(=O)N1CCC(Cc2cccc(F)c2)(C(=O)N2CCC[C@@H](Cc3cccc(C)n3)C2)CC1. The van der Waals surface area contributed by atoms with Crippen LogP contribution in [0.25, 0.3) is 0 Å². The monoisotopic (exact) mass is 451 g/mol. The fourth-order valence-electron chi connectivity index (χ4n) is 5.51. The van der Waals surface area contributed by atoms with Crippen LogP contribution in [-0.4, -0.2) is 52.8 Å². The van der Waals surface area contributed by atoms with Crippen LogP contribution in [-0.2, 0) is 22.4 Å². The number of aromatic nitrogens is 1. The predicted octanol–water partition coefficient (Wildman–Crippen LogP) is 4.18. The van der Waals surface area contributed by atoms with Crippen molar-refractivity contribution in [3.05, 3.63) is 65.2 Å². The molecule has 6 heteroatoms. The Balaban J connectivity index is 1.52. The van der Waals surface area contributed by atoms with E-state index in [1.165, 1.54) is 12.1 Å². The molecule has 0 unspecified atom stereocenters. The van der Waals surface area contributed by atoms with Crippen molar-refractivity contribution in [1.82, 2.24) is 14.8 Å². The number of piperidine rings is 2. The first-order chi connectivity index (χ1) is 15.8. The second kappa shape index (κ2) is 10.0. The highest BCUT2D eigenvalue weighted by Crippen LogP contribution is 2.38. The van der Waals surface area contributed by atoms with E-state index in [1.54, 1.807) is 13.0 Å². The van der Waals surface area contributed by atoms with Crippen LogP contribution in [0, 0.1) is 24.1 Å². The molecule has 1 aromatic heterocycles. The molecule has 2 aromatic rings. The van der Waals surface area contributed by atoms with Crippen LogP contribution in [0.3, 0.4) is 0 Å². The van der Waals surface area contributed by atoms with E-state index in [2.05, 4.69) is 11.1 Å². The number of nitrogens with zero attached hydrogens (tertiary/aromatic N) is 3. The van der Waals surface area contributed by atoms with Gasteiger partial charge in [0.15, 0.2) is 0 Å². The van der Waals surface area contributed by atoms with Gasteiger partial charge in [-0.05, 0) is 81.2 Å². The third kappa shape index (κ3) is 5.60. The molecule has 4 rings (SSSR count). The molecule has 176 valence electrons. The Morgan fingerprint density at radius 1 is 1.09 bits per heavy atom. The summed E-state index contributed by atoms with van der Waals surface area (Å²) < 4.78 is 13.9. The van der Waals surface area contributed by atoms with E-state index in [0.29, 0.717) is 38.3 Å². The number of hydrogen-bond donors (Lipinski definition) is 0. The lowest BCUT2D eigenvalue weighted by Crippen LogP contribution is -2.54. The smallest absolute Gasteiger partial charge is 0.229 e. The van der Waals surface area contributed by atoms with Crippen molar-refractivity contribution < 1.29 is 14.0 Å². The van der Waals surface area contributed by atoms with Crippen LogP contribution in [0.15, 0.2) is 42.5 Å². The maximum atomic E-state index is 14.0. The summed E-state index contributed by atoms with van der Waals surface area (Å²) in [4.78, 5) is 34.4. The summed E-state index contributed by atoms with van der Waals surface area (Å²) in [6.45, 7) is 6.22. The Kier molecular flexibility index (Phi) is 7.11. The van der Waals surface area contributed by atoms with Gasteiger partial charge < -0.3 is 9.80 Å². The van der Waals surface area contributed by atoms with Crippen LogP contribution in [0.4, 0.5) is 4.39 Å². The summed E-state index contributed by atoms with van der Waals surface area (Å²) in [6.07, 6.45) is 4.69. The van der Waals surface area contributed by atoms with Gasteiger partial charge in [0.1, 0.15) is 5.82 Å². The number of carbonyl (C=O) groups is 2. The highest BCUT2D eigenvalue weighted by molar-refractivity contribution is 5.84. The van der Waals surface area contributed by atoms with Crippen molar-refractivity contribution in [3.63, 3.8) is 0 Å². The van der Waals surface area contributed by atoms with Crippen molar-refractivity contribution >= 4 is 11.8 Å². The zero-order chi connectivity index (χ0) is 23.4. The molecule has 0 aliphatic carbocycles. The Morgan fingerprint density at radius 3 is 2.55 bits per heavy atom. The highest BCUT2D eigenvalue weighted by Gasteiger charge is 2.45. The minimum atomic E-state index is -0.594. The van der Waals surface area contributed by atoms with E-state index in [0.717, 1.165) is 49.3 Å². The molecule has 3 heterocycles. The van der Waals surface area contributed by atoms with Crippen molar-refractivity contribution in [2.75, 3.05) is 26.2 Å². The van der Waals surface area contributed by atoms with Gasteiger partial charge in [-0.1, -0.05) is 18.2 Å². The summed E-state index contributed by atoms with van der Waals surface area (Å²) >= 11 is 0. The van der Waals surface area contributed by atoms with E-state index in [1.807, 2.05) is 34.9 Å². The molecule has 2 fully saturated rings. The van der Waals surface area contributed by atoms with Crippen LogP contribution >= 0.6 is 0 Å². The largest absolute Gasteiger partial charge is 0.343 e. The van der Waals surface area contributed by atoms with Crippen LogP contribution in [0.5, 0.6) is 0 Å². The standard InChI is InChI=1S/C27H34FN3O2/c1-20-6-3-10-25(29-20)17-23-8-5-13-31(19-23)26(33)27(11-14-30(15-12-27)21(2)32)18-22-7-4-9-24(28)16-22/h3-4,6-7,9-10,16,23H,5,8,11-15,17-19H2,1-2H3/t23-/m0/s1. The number of aryl methyl sites for hydroxylation is 1. The van der Waals surface area contributed by atoms with Gasteiger partial charge in [0.05, 0.1) is 5.41 Å². The van der Waals surface area contributed by atoms with E-state index in [-0.39, 0.29) is 17.6 Å². The summed E-state index contributed by atoms with van der Waals surface area (Å²) in [7, 11) is 0. The molecule has 2 aliphatic heterocycles. The summed E-state index contributed by atoms with van der Waals surface area (Å²) in [5, 5.41) is 0.